The average Bonchev–Trinajstić information content (AvgIpc) is 2.41. The Hall–Kier alpha value is -1.59. The maximum absolute atomic E-state index is 11.5. The monoisotopic (exact) mass is 252 g/mol. The molecule has 0 aliphatic rings. The molecule has 2 N–H and O–H groups in total. The molecule has 0 heterocycles. The molecule has 0 aliphatic heterocycles. The fourth-order valence-electron chi connectivity index (χ4n) is 1.47. The SMILES string of the molecule is CCNC(=O)c1ccc(NCC(OC)OC)cc1. The van der Waals surface area contributed by atoms with Crippen LogP contribution in [-0.4, -0.2) is 39.5 Å². The summed E-state index contributed by atoms with van der Waals surface area (Å²) < 4.78 is 10.1. The van der Waals surface area contributed by atoms with Crippen molar-refractivity contribution in [2.75, 3.05) is 32.6 Å². The van der Waals surface area contributed by atoms with Gasteiger partial charge < -0.3 is 20.1 Å². The van der Waals surface area contributed by atoms with Crippen LogP contribution < -0.4 is 10.6 Å². The number of nitrogens with one attached hydrogen (secondary N) is 2. The third kappa shape index (κ3) is 4.35. The van der Waals surface area contributed by atoms with Crippen LogP contribution in [0.5, 0.6) is 0 Å². The zero-order valence-electron chi connectivity index (χ0n) is 11.0. The van der Waals surface area contributed by atoms with Crippen molar-refractivity contribution < 1.29 is 14.3 Å². The Bertz CT molecular complexity index is 361. The predicted octanol–water partition coefficient (Wildman–Crippen LogP) is 1.47. The van der Waals surface area contributed by atoms with Crippen molar-refractivity contribution in [2.24, 2.45) is 0 Å². The maximum atomic E-state index is 11.5. The first kappa shape index (κ1) is 14.5. The Morgan fingerprint density at radius 2 is 1.83 bits per heavy atom. The van der Waals surface area contributed by atoms with Crippen LogP contribution in [0.25, 0.3) is 0 Å². The number of hydrogen-bond donors (Lipinski definition) is 2. The van der Waals surface area contributed by atoms with Crippen molar-refractivity contribution in [2.45, 2.75) is 13.2 Å². The van der Waals surface area contributed by atoms with Crippen LogP contribution in [0.3, 0.4) is 0 Å². The topological polar surface area (TPSA) is 59.6 Å². The summed E-state index contributed by atoms with van der Waals surface area (Å²) in [4.78, 5) is 11.5. The van der Waals surface area contributed by atoms with E-state index in [1.807, 2.05) is 19.1 Å². The van der Waals surface area contributed by atoms with Crippen molar-refractivity contribution in [3.63, 3.8) is 0 Å². The number of methoxy groups -OCH3 is 2. The van der Waals surface area contributed by atoms with E-state index in [-0.39, 0.29) is 12.2 Å². The smallest absolute Gasteiger partial charge is 0.251 e. The minimum atomic E-state index is -0.284. The lowest BCUT2D eigenvalue weighted by Gasteiger charge is -2.15. The maximum Gasteiger partial charge on any atom is 0.251 e. The molecule has 0 saturated carbocycles. The van der Waals surface area contributed by atoms with Gasteiger partial charge in [-0.3, -0.25) is 4.79 Å². The number of hydrogen-bond acceptors (Lipinski definition) is 4. The molecule has 1 aromatic rings. The van der Waals surface area contributed by atoms with Crippen LogP contribution in [0.2, 0.25) is 0 Å². The molecule has 1 rings (SSSR count). The third-order valence-corrected chi connectivity index (χ3v) is 2.48. The number of anilines is 1. The summed E-state index contributed by atoms with van der Waals surface area (Å²) in [5.41, 5.74) is 1.57. The molecular formula is C13H20N2O3. The second kappa shape index (κ2) is 7.68. The molecule has 0 radical (unpaired) electrons. The van der Waals surface area contributed by atoms with Crippen LogP contribution in [0.1, 0.15) is 17.3 Å². The average molecular weight is 252 g/mol. The van der Waals surface area contributed by atoms with Gasteiger partial charge in [0.2, 0.25) is 0 Å². The first-order valence-corrected chi connectivity index (χ1v) is 5.89. The molecule has 5 heteroatoms. The van der Waals surface area contributed by atoms with Crippen LogP contribution >= 0.6 is 0 Å². The normalized spacial score (nSPS) is 10.4. The summed E-state index contributed by atoms with van der Waals surface area (Å²) >= 11 is 0. The fourth-order valence-corrected chi connectivity index (χ4v) is 1.47. The minimum Gasteiger partial charge on any atom is -0.380 e. The van der Waals surface area contributed by atoms with Gasteiger partial charge >= 0.3 is 0 Å². The van der Waals surface area contributed by atoms with E-state index in [4.69, 9.17) is 9.47 Å². The number of carbonyl (C=O) groups is 1. The fraction of sp³-hybridized carbons (Fsp3) is 0.462. The van der Waals surface area contributed by atoms with E-state index in [2.05, 4.69) is 10.6 Å². The summed E-state index contributed by atoms with van der Waals surface area (Å²) in [5.74, 6) is -0.0595. The second-order valence-corrected chi connectivity index (χ2v) is 3.72. The van der Waals surface area contributed by atoms with E-state index in [1.54, 1.807) is 26.4 Å². The molecule has 100 valence electrons. The van der Waals surface area contributed by atoms with E-state index in [0.717, 1.165) is 5.69 Å². The molecule has 1 aromatic carbocycles. The zero-order valence-corrected chi connectivity index (χ0v) is 11.0. The van der Waals surface area contributed by atoms with Crippen molar-refractivity contribution in [1.82, 2.24) is 5.32 Å². The van der Waals surface area contributed by atoms with Gasteiger partial charge in [-0.05, 0) is 31.2 Å². The molecule has 5 nitrogen and oxygen atoms in total. The minimum absolute atomic E-state index is 0.0595. The van der Waals surface area contributed by atoms with Gasteiger partial charge in [0.15, 0.2) is 6.29 Å². The first-order chi connectivity index (χ1) is 8.71. The van der Waals surface area contributed by atoms with Gasteiger partial charge in [-0.15, -0.1) is 0 Å². The lowest BCUT2D eigenvalue weighted by molar-refractivity contribution is -0.0914. The van der Waals surface area contributed by atoms with E-state index in [0.29, 0.717) is 18.7 Å². The zero-order chi connectivity index (χ0) is 13.4. The predicted molar refractivity (Wildman–Crippen MR) is 70.7 cm³/mol. The molecule has 0 spiro atoms. The van der Waals surface area contributed by atoms with Crippen molar-refractivity contribution in [1.29, 1.82) is 0 Å². The van der Waals surface area contributed by atoms with Crippen LogP contribution in [0.4, 0.5) is 5.69 Å². The molecule has 0 aliphatic carbocycles. The van der Waals surface area contributed by atoms with Crippen molar-refractivity contribution in [3.8, 4) is 0 Å². The Balaban J connectivity index is 2.52. The van der Waals surface area contributed by atoms with Gasteiger partial charge in [0, 0.05) is 32.0 Å². The molecule has 0 fully saturated rings. The quantitative estimate of drug-likeness (QED) is 0.721. The molecule has 0 unspecified atom stereocenters. The highest BCUT2D eigenvalue weighted by atomic mass is 16.7. The molecular weight excluding hydrogens is 232 g/mol. The Labute approximate surface area is 107 Å². The highest BCUT2D eigenvalue weighted by Gasteiger charge is 2.06. The highest BCUT2D eigenvalue weighted by Crippen LogP contribution is 2.09. The molecule has 0 aromatic heterocycles. The van der Waals surface area contributed by atoms with Crippen molar-refractivity contribution >= 4 is 11.6 Å². The third-order valence-electron chi connectivity index (χ3n) is 2.48. The van der Waals surface area contributed by atoms with Crippen LogP contribution in [-0.2, 0) is 9.47 Å². The highest BCUT2D eigenvalue weighted by molar-refractivity contribution is 5.94. The number of ether oxygens (including phenoxy) is 2. The van der Waals surface area contributed by atoms with E-state index in [9.17, 15) is 4.79 Å². The summed E-state index contributed by atoms with van der Waals surface area (Å²) in [6, 6.07) is 7.27. The summed E-state index contributed by atoms with van der Waals surface area (Å²) in [5, 5.41) is 5.91. The summed E-state index contributed by atoms with van der Waals surface area (Å²) in [7, 11) is 3.18. The Kier molecular flexibility index (Phi) is 6.18. The Morgan fingerprint density at radius 1 is 1.22 bits per heavy atom. The number of rotatable bonds is 7. The van der Waals surface area contributed by atoms with Gasteiger partial charge in [-0.2, -0.15) is 0 Å². The lowest BCUT2D eigenvalue weighted by atomic mass is 10.2. The molecule has 0 atom stereocenters. The van der Waals surface area contributed by atoms with Gasteiger partial charge in [0.1, 0.15) is 0 Å². The molecule has 18 heavy (non-hydrogen) atoms. The Morgan fingerprint density at radius 3 is 2.33 bits per heavy atom. The first-order valence-electron chi connectivity index (χ1n) is 5.89. The molecule has 0 saturated heterocycles. The lowest BCUT2D eigenvalue weighted by Crippen LogP contribution is -2.24. The van der Waals surface area contributed by atoms with Gasteiger partial charge in [-0.1, -0.05) is 0 Å². The summed E-state index contributed by atoms with van der Waals surface area (Å²) in [6.45, 7) is 3.07. The number of carbonyl (C=O) groups excluding carboxylic acids is 1. The van der Waals surface area contributed by atoms with Crippen molar-refractivity contribution in [3.05, 3.63) is 29.8 Å². The standard InChI is InChI=1S/C13H20N2O3/c1-4-14-13(16)10-5-7-11(8-6-10)15-9-12(17-2)18-3/h5-8,12,15H,4,9H2,1-3H3,(H,14,16). The van der Waals surface area contributed by atoms with Crippen LogP contribution in [0, 0.1) is 0 Å². The van der Waals surface area contributed by atoms with Crippen LogP contribution in [0.15, 0.2) is 24.3 Å². The van der Waals surface area contributed by atoms with E-state index < -0.39 is 0 Å². The van der Waals surface area contributed by atoms with E-state index in [1.165, 1.54) is 0 Å². The molecule has 0 bridgehead atoms. The van der Waals surface area contributed by atoms with Gasteiger partial charge in [-0.25, -0.2) is 0 Å². The number of benzene rings is 1. The van der Waals surface area contributed by atoms with Gasteiger partial charge in [0.05, 0.1) is 6.54 Å². The van der Waals surface area contributed by atoms with Gasteiger partial charge in [0.25, 0.3) is 5.91 Å². The second-order valence-electron chi connectivity index (χ2n) is 3.72. The summed E-state index contributed by atoms with van der Waals surface area (Å²) in [6.07, 6.45) is -0.284. The molecule has 1 amide bonds. The largest absolute Gasteiger partial charge is 0.380 e. The number of amides is 1. The van der Waals surface area contributed by atoms with E-state index >= 15 is 0 Å².